The monoisotopic (exact) mass is 255 g/mol. The number of rotatable bonds is 3. The Hall–Kier alpha value is -1.85. The Kier molecular flexibility index (Phi) is 4.11. The van der Waals surface area contributed by atoms with E-state index < -0.39 is 11.9 Å². The van der Waals surface area contributed by atoms with Gasteiger partial charge in [-0.2, -0.15) is 0 Å². The molecule has 18 heavy (non-hydrogen) atoms. The molecule has 0 radical (unpaired) electrons. The van der Waals surface area contributed by atoms with Gasteiger partial charge in [-0.3, -0.25) is 0 Å². The van der Waals surface area contributed by atoms with Gasteiger partial charge in [0.15, 0.2) is 5.89 Å². The van der Waals surface area contributed by atoms with Crippen LogP contribution in [0.1, 0.15) is 47.7 Å². The number of oxazole rings is 1. The third kappa shape index (κ3) is 3.32. The van der Waals surface area contributed by atoms with Gasteiger partial charge < -0.3 is 13.9 Å². The molecule has 1 rings (SSSR count). The van der Waals surface area contributed by atoms with Gasteiger partial charge in [0.05, 0.1) is 14.2 Å². The molecule has 0 aliphatic heterocycles. The molecule has 0 saturated heterocycles. The lowest BCUT2D eigenvalue weighted by Crippen LogP contribution is -2.11. The molecule has 0 spiro atoms. The molecule has 0 bridgehead atoms. The van der Waals surface area contributed by atoms with Crippen LogP contribution in [0.5, 0.6) is 0 Å². The van der Waals surface area contributed by atoms with Crippen LogP contribution in [0, 0.1) is 5.41 Å². The molecule has 100 valence electrons. The first-order valence-corrected chi connectivity index (χ1v) is 5.45. The zero-order valence-corrected chi connectivity index (χ0v) is 11.2. The number of esters is 2. The molecule has 1 aromatic rings. The fourth-order valence-electron chi connectivity index (χ4n) is 1.36. The highest BCUT2D eigenvalue weighted by Gasteiger charge is 2.28. The van der Waals surface area contributed by atoms with Gasteiger partial charge in [-0.25, -0.2) is 14.6 Å². The molecule has 6 nitrogen and oxygen atoms in total. The Balaban J connectivity index is 3.15. The molecule has 0 saturated carbocycles. The van der Waals surface area contributed by atoms with E-state index in [-0.39, 0.29) is 16.9 Å². The predicted octanol–water partition coefficient (Wildman–Crippen LogP) is 1.84. The summed E-state index contributed by atoms with van der Waals surface area (Å²) in [6, 6.07) is 0. The molecule has 0 unspecified atom stereocenters. The van der Waals surface area contributed by atoms with Crippen molar-refractivity contribution in [3.63, 3.8) is 0 Å². The summed E-state index contributed by atoms with van der Waals surface area (Å²) in [4.78, 5) is 26.9. The predicted molar refractivity (Wildman–Crippen MR) is 62.3 cm³/mol. The quantitative estimate of drug-likeness (QED) is 0.767. The summed E-state index contributed by atoms with van der Waals surface area (Å²) >= 11 is 0. The zero-order valence-electron chi connectivity index (χ0n) is 11.2. The maximum Gasteiger partial charge on any atom is 0.376 e. The smallest absolute Gasteiger partial charge is 0.376 e. The van der Waals surface area contributed by atoms with Crippen molar-refractivity contribution in [2.24, 2.45) is 5.41 Å². The van der Waals surface area contributed by atoms with E-state index in [1.165, 1.54) is 14.2 Å². The van der Waals surface area contributed by atoms with Gasteiger partial charge in [0.1, 0.15) is 0 Å². The van der Waals surface area contributed by atoms with Crippen molar-refractivity contribution in [3.05, 3.63) is 17.3 Å². The number of nitrogens with zero attached hydrogens (tertiary/aromatic N) is 1. The van der Waals surface area contributed by atoms with E-state index >= 15 is 0 Å². The average Bonchev–Trinajstić information content (AvgIpc) is 2.68. The topological polar surface area (TPSA) is 78.6 Å². The van der Waals surface area contributed by atoms with Gasteiger partial charge in [0.2, 0.25) is 11.5 Å². The third-order valence-electron chi connectivity index (χ3n) is 2.10. The lowest BCUT2D eigenvalue weighted by Gasteiger charge is -2.14. The molecule has 0 fully saturated rings. The Morgan fingerprint density at radius 2 is 1.72 bits per heavy atom. The molecule has 0 aromatic carbocycles. The minimum Gasteiger partial charge on any atom is -0.464 e. The molecule has 1 aromatic heterocycles. The minimum absolute atomic E-state index is 0.0777. The Labute approximate surface area is 105 Å². The maximum absolute atomic E-state index is 11.5. The molecule has 0 aliphatic carbocycles. The van der Waals surface area contributed by atoms with Crippen LogP contribution in [0.2, 0.25) is 0 Å². The van der Waals surface area contributed by atoms with E-state index in [1.807, 2.05) is 20.8 Å². The van der Waals surface area contributed by atoms with Gasteiger partial charge in [0, 0.05) is 6.42 Å². The van der Waals surface area contributed by atoms with Crippen LogP contribution in [0.15, 0.2) is 4.42 Å². The summed E-state index contributed by atoms with van der Waals surface area (Å²) in [5.74, 6) is -1.38. The van der Waals surface area contributed by atoms with E-state index in [0.29, 0.717) is 12.3 Å². The Morgan fingerprint density at radius 3 is 2.17 bits per heavy atom. The first-order valence-electron chi connectivity index (χ1n) is 5.45. The van der Waals surface area contributed by atoms with Crippen LogP contribution in [-0.4, -0.2) is 31.1 Å². The molecular weight excluding hydrogens is 238 g/mol. The van der Waals surface area contributed by atoms with Crippen molar-refractivity contribution >= 4 is 11.9 Å². The van der Waals surface area contributed by atoms with Crippen LogP contribution < -0.4 is 0 Å². The third-order valence-corrected chi connectivity index (χ3v) is 2.10. The minimum atomic E-state index is -0.747. The van der Waals surface area contributed by atoms with E-state index in [1.54, 1.807) is 0 Å². The summed E-state index contributed by atoms with van der Waals surface area (Å²) < 4.78 is 14.4. The highest BCUT2D eigenvalue weighted by molar-refractivity contribution is 5.99. The van der Waals surface area contributed by atoms with E-state index in [2.05, 4.69) is 14.5 Å². The van der Waals surface area contributed by atoms with Gasteiger partial charge >= 0.3 is 11.9 Å². The number of carbonyl (C=O) groups excluding carboxylic acids is 2. The van der Waals surface area contributed by atoms with Crippen molar-refractivity contribution in [2.75, 3.05) is 14.2 Å². The van der Waals surface area contributed by atoms with Gasteiger partial charge in [-0.15, -0.1) is 0 Å². The summed E-state index contributed by atoms with van der Waals surface area (Å²) in [6.07, 6.45) is 0.494. The van der Waals surface area contributed by atoms with Gasteiger partial charge in [0.25, 0.3) is 0 Å². The number of hydrogen-bond donors (Lipinski definition) is 0. The van der Waals surface area contributed by atoms with Crippen LogP contribution >= 0.6 is 0 Å². The number of carbonyl (C=O) groups is 2. The largest absolute Gasteiger partial charge is 0.464 e. The second-order valence-electron chi connectivity index (χ2n) is 5.01. The molecular formula is C12H17NO5. The highest BCUT2D eigenvalue weighted by atomic mass is 16.5. The Bertz CT molecular complexity index is 422. The normalized spacial score (nSPS) is 11.2. The fourth-order valence-corrected chi connectivity index (χ4v) is 1.36. The van der Waals surface area contributed by atoms with E-state index in [4.69, 9.17) is 4.42 Å². The van der Waals surface area contributed by atoms with Crippen molar-refractivity contribution in [1.82, 2.24) is 4.98 Å². The van der Waals surface area contributed by atoms with E-state index in [9.17, 15) is 9.59 Å². The number of ether oxygens (including phenoxy) is 2. The molecule has 0 N–H and O–H groups in total. The lowest BCUT2D eigenvalue weighted by molar-refractivity contribution is 0.0525. The SMILES string of the molecule is COC(=O)c1nc(CC(C)(C)C)oc1C(=O)OC. The highest BCUT2D eigenvalue weighted by Crippen LogP contribution is 2.22. The van der Waals surface area contributed by atoms with Crippen molar-refractivity contribution in [1.29, 1.82) is 0 Å². The summed E-state index contributed by atoms with van der Waals surface area (Å²) in [5, 5.41) is 0. The maximum atomic E-state index is 11.5. The zero-order chi connectivity index (χ0) is 13.9. The van der Waals surface area contributed by atoms with E-state index in [0.717, 1.165) is 0 Å². The van der Waals surface area contributed by atoms with Crippen LogP contribution in [0.25, 0.3) is 0 Å². The van der Waals surface area contributed by atoms with Crippen molar-refractivity contribution < 1.29 is 23.5 Å². The lowest BCUT2D eigenvalue weighted by atomic mass is 9.92. The van der Waals surface area contributed by atoms with Crippen molar-refractivity contribution in [3.8, 4) is 0 Å². The first-order chi connectivity index (χ1) is 8.28. The average molecular weight is 255 g/mol. The number of methoxy groups -OCH3 is 2. The summed E-state index contributed by atoms with van der Waals surface area (Å²) in [6.45, 7) is 5.98. The fraction of sp³-hybridized carbons (Fsp3) is 0.583. The Morgan fingerprint density at radius 1 is 1.17 bits per heavy atom. The second-order valence-corrected chi connectivity index (χ2v) is 5.01. The molecule has 6 heteroatoms. The molecule has 1 heterocycles. The van der Waals surface area contributed by atoms with Gasteiger partial charge in [-0.1, -0.05) is 20.8 Å². The summed E-state index contributed by atoms with van der Waals surface area (Å²) in [5.41, 5.74) is -0.227. The van der Waals surface area contributed by atoms with Crippen LogP contribution in [0.4, 0.5) is 0 Å². The molecule has 0 amide bonds. The van der Waals surface area contributed by atoms with Crippen LogP contribution in [-0.2, 0) is 15.9 Å². The second kappa shape index (κ2) is 5.20. The molecule has 0 aliphatic rings. The molecule has 0 atom stereocenters. The number of aromatic nitrogens is 1. The summed E-state index contributed by atoms with van der Waals surface area (Å²) in [7, 11) is 2.41. The van der Waals surface area contributed by atoms with Gasteiger partial charge in [-0.05, 0) is 5.41 Å². The number of hydrogen-bond acceptors (Lipinski definition) is 6. The standard InChI is InChI=1S/C12H17NO5/c1-12(2,3)6-7-13-8(10(14)16-4)9(18-7)11(15)17-5/h6H2,1-5H3. The van der Waals surface area contributed by atoms with Crippen molar-refractivity contribution in [2.45, 2.75) is 27.2 Å². The van der Waals surface area contributed by atoms with Crippen LogP contribution in [0.3, 0.4) is 0 Å². The first kappa shape index (κ1) is 14.2.